The average Bonchev–Trinajstić information content (AvgIpc) is 3.28. The summed E-state index contributed by atoms with van der Waals surface area (Å²) >= 11 is 0. The van der Waals surface area contributed by atoms with Crippen LogP contribution in [0, 0.1) is 5.82 Å². The van der Waals surface area contributed by atoms with E-state index in [4.69, 9.17) is 0 Å². The maximum Gasteiger partial charge on any atom is 0.419 e. The molecule has 0 aliphatic heterocycles. The van der Waals surface area contributed by atoms with Crippen LogP contribution in [0.2, 0.25) is 0 Å². The molecule has 0 atom stereocenters. The Morgan fingerprint density at radius 1 is 1.00 bits per heavy atom. The number of carbonyl (C=O) groups is 1. The van der Waals surface area contributed by atoms with Crippen LogP contribution in [0.3, 0.4) is 0 Å². The number of nitrogens with zero attached hydrogens (tertiary/aromatic N) is 5. The second-order valence-electron chi connectivity index (χ2n) is 10.3. The van der Waals surface area contributed by atoms with Gasteiger partial charge < -0.3 is 14.8 Å². The lowest BCUT2D eigenvalue weighted by atomic mass is 10.1. The number of rotatable bonds is 9. The number of amides is 1. The highest BCUT2D eigenvalue weighted by Gasteiger charge is 2.37. The van der Waals surface area contributed by atoms with Gasteiger partial charge in [0.15, 0.2) is 9.84 Å². The van der Waals surface area contributed by atoms with Crippen LogP contribution in [-0.2, 0) is 33.1 Å². The van der Waals surface area contributed by atoms with Crippen LogP contribution in [0.1, 0.15) is 23.6 Å². The minimum absolute atomic E-state index is 0.0138. The third-order valence-electron chi connectivity index (χ3n) is 6.74. The second kappa shape index (κ2) is 12.1. The van der Waals surface area contributed by atoms with Crippen LogP contribution >= 0.6 is 0 Å². The molecule has 2 N–H and O–H groups in total. The summed E-state index contributed by atoms with van der Waals surface area (Å²) in [5.41, 5.74) is 0.801. The molecule has 10 nitrogen and oxygen atoms in total. The van der Waals surface area contributed by atoms with Crippen molar-refractivity contribution < 1.29 is 30.8 Å². The van der Waals surface area contributed by atoms with Gasteiger partial charge in [0.25, 0.3) is 0 Å². The third kappa shape index (κ3) is 7.20. The SMILES string of the molecule is CC(=O)Nc1nc2c(N(C)c3ccnc(Nc4ccc(CS(C)(=O)=O)cc4)n3)cccc2n1Cc1cccc(F)c1C(F)(F)F. The molecule has 15 heteroatoms. The van der Waals surface area contributed by atoms with E-state index in [0.717, 1.165) is 12.3 Å². The maximum absolute atomic E-state index is 14.3. The average molecular weight is 642 g/mol. The fraction of sp³-hybridized carbons (Fsp3) is 0.200. The Labute approximate surface area is 255 Å². The van der Waals surface area contributed by atoms with E-state index in [2.05, 4.69) is 25.6 Å². The molecular formula is C30H27F4N7O3S. The van der Waals surface area contributed by atoms with Crippen molar-refractivity contribution in [3.05, 3.63) is 95.4 Å². The topological polar surface area (TPSA) is 122 Å². The number of para-hydroxylation sites is 1. The number of nitrogens with one attached hydrogen (secondary N) is 2. The van der Waals surface area contributed by atoms with Crippen LogP contribution in [0.4, 0.5) is 46.7 Å². The molecule has 1 amide bonds. The molecule has 5 rings (SSSR count). The zero-order valence-corrected chi connectivity index (χ0v) is 25.0. The zero-order valence-electron chi connectivity index (χ0n) is 24.2. The predicted octanol–water partition coefficient (Wildman–Crippen LogP) is 6.05. The largest absolute Gasteiger partial charge is 0.419 e. The van der Waals surface area contributed by atoms with Gasteiger partial charge >= 0.3 is 6.18 Å². The fourth-order valence-corrected chi connectivity index (χ4v) is 5.64. The van der Waals surface area contributed by atoms with Crippen LogP contribution in [-0.4, -0.2) is 47.1 Å². The Morgan fingerprint density at radius 2 is 1.71 bits per heavy atom. The van der Waals surface area contributed by atoms with E-state index in [1.54, 1.807) is 60.5 Å². The van der Waals surface area contributed by atoms with E-state index in [1.807, 2.05) is 0 Å². The van der Waals surface area contributed by atoms with Gasteiger partial charge in [0, 0.05) is 32.1 Å². The number of hydrogen-bond acceptors (Lipinski definition) is 8. The Hall–Kier alpha value is -5.05. The summed E-state index contributed by atoms with van der Waals surface area (Å²) in [5, 5.41) is 5.64. The number of halogens is 4. The van der Waals surface area contributed by atoms with E-state index in [0.29, 0.717) is 33.8 Å². The number of alkyl halides is 3. The Morgan fingerprint density at radius 3 is 2.38 bits per heavy atom. The summed E-state index contributed by atoms with van der Waals surface area (Å²) in [6.45, 7) is 0.825. The van der Waals surface area contributed by atoms with Crippen molar-refractivity contribution in [3.8, 4) is 0 Å². The number of hydrogen-bond donors (Lipinski definition) is 2. The van der Waals surface area contributed by atoms with Gasteiger partial charge in [0.1, 0.15) is 17.2 Å². The van der Waals surface area contributed by atoms with Crippen molar-refractivity contribution >= 4 is 55.9 Å². The Balaban J connectivity index is 1.49. The molecule has 0 spiro atoms. The van der Waals surface area contributed by atoms with Gasteiger partial charge in [-0.3, -0.25) is 10.1 Å². The van der Waals surface area contributed by atoms with Gasteiger partial charge in [-0.05, 0) is 47.5 Å². The smallest absolute Gasteiger partial charge is 0.327 e. The molecule has 0 saturated heterocycles. The van der Waals surface area contributed by atoms with Gasteiger partial charge in [-0.1, -0.05) is 30.3 Å². The van der Waals surface area contributed by atoms with Crippen molar-refractivity contribution in [2.24, 2.45) is 0 Å². The highest BCUT2D eigenvalue weighted by molar-refractivity contribution is 7.89. The lowest BCUT2D eigenvalue weighted by Gasteiger charge is -2.19. The quantitative estimate of drug-likeness (QED) is 0.187. The van der Waals surface area contributed by atoms with E-state index in [1.165, 1.54) is 29.8 Å². The molecule has 0 radical (unpaired) electrons. The summed E-state index contributed by atoms with van der Waals surface area (Å²) in [5.74, 6) is -1.30. The van der Waals surface area contributed by atoms with Gasteiger partial charge in [-0.2, -0.15) is 18.2 Å². The van der Waals surface area contributed by atoms with Crippen LogP contribution in [0.25, 0.3) is 11.0 Å². The van der Waals surface area contributed by atoms with E-state index in [-0.39, 0.29) is 23.2 Å². The number of imidazole rings is 1. The highest BCUT2D eigenvalue weighted by Crippen LogP contribution is 2.37. The lowest BCUT2D eigenvalue weighted by molar-refractivity contribution is -0.140. The van der Waals surface area contributed by atoms with Crippen LogP contribution < -0.4 is 15.5 Å². The van der Waals surface area contributed by atoms with Crippen LogP contribution in [0.5, 0.6) is 0 Å². The minimum Gasteiger partial charge on any atom is -0.327 e. The molecular weight excluding hydrogens is 614 g/mol. The molecule has 0 saturated carbocycles. The lowest BCUT2D eigenvalue weighted by Crippen LogP contribution is -2.17. The van der Waals surface area contributed by atoms with E-state index < -0.39 is 39.8 Å². The minimum atomic E-state index is -4.94. The Bertz CT molecular complexity index is 2000. The number of aromatic nitrogens is 4. The van der Waals surface area contributed by atoms with Crippen molar-refractivity contribution in [1.82, 2.24) is 19.5 Å². The first-order valence-electron chi connectivity index (χ1n) is 13.4. The molecule has 5 aromatic rings. The molecule has 234 valence electrons. The first kappa shape index (κ1) is 31.4. The number of carbonyl (C=O) groups excluding carboxylic acids is 1. The normalized spacial score (nSPS) is 11.9. The Kier molecular flexibility index (Phi) is 8.47. The molecule has 0 unspecified atom stereocenters. The van der Waals surface area contributed by atoms with Crippen molar-refractivity contribution in [2.75, 3.05) is 28.8 Å². The molecule has 0 aliphatic carbocycles. The van der Waals surface area contributed by atoms with Crippen molar-refractivity contribution in [3.63, 3.8) is 0 Å². The van der Waals surface area contributed by atoms with Gasteiger partial charge in [0.2, 0.25) is 17.8 Å². The van der Waals surface area contributed by atoms with Gasteiger partial charge in [-0.15, -0.1) is 0 Å². The van der Waals surface area contributed by atoms with Crippen molar-refractivity contribution in [1.29, 1.82) is 0 Å². The predicted molar refractivity (Wildman–Crippen MR) is 163 cm³/mol. The third-order valence-corrected chi connectivity index (χ3v) is 7.60. The van der Waals surface area contributed by atoms with E-state index in [9.17, 15) is 30.8 Å². The number of sulfone groups is 1. The summed E-state index contributed by atoms with van der Waals surface area (Å²) in [6.07, 6.45) is -2.24. The summed E-state index contributed by atoms with van der Waals surface area (Å²) in [6, 6.07) is 16.6. The highest BCUT2D eigenvalue weighted by atomic mass is 32.2. The molecule has 0 bridgehead atoms. The van der Waals surface area contributed by atoms with E-state index >= 15 is 0 Å². The molecule has 2 aromatic heterocycles. The summed E-state index contributed by atoms with van der Waals surface area (Å²) in [4.78, 5) is 27.1. The standard InChI is InChI=1S/C30H27F4N7O3S/c1-18(42)36-29-39-27-23(8-5-9-24(27)41(29)16-20-6-4-7-22(31)26(20)30(32,33)34)40(2)25-14-15-35-28(38-25)37-21-12-10-19(11-13-21)17-45(3,43)44/h4-15H,16-17H2,1-3H3,(H,35,37,38)(H,36,39,42). The van der Waals surface area contributed by atoms with Crippen LogP contribution in [0.15, 0.2) is 72.9 Å². The van der Waals surface area contributed by atoms with Crippen molar-refractivity contribution in [2.45, 2.75) is 25.4 Å². The molecule has 2 heterocycles. The molecule has 45 heavy (non-hydrogen) atoms. The number of benzene rings is 3. The molecule has 3 aromatic carbocycles. The van der Waals surface area contributed by atoms with Gasteiger partial charge in [0.05, 0.1) is 29.1 Å². The number of fused-ring (bicyclic) bond motifs is 1. The first-order chi connectivity index (χ1) is 21.2. The molecule has 0 fully saturated rings. The maximum atomic E-state index is 14.3. The summed E-state index contributed by atoms with van der Waals surface area (Å²) in [7, 11) is -1.46. The molecule has 0 aliphatic rings. The second-order valence-corrected chi connectivity index (χ2v) is 12.4. The summed E-state index contributed by atoms with van der Waals surface area (Å²) < 4.78 is 80.2. The number of anilines is 5. The van der Waals surface area contributed by atoms with Gasteiger partial charge in [-0.25, -0.2) is 22.8 Å². The zero-order chi connectivity index (χ0) is 32.5. The first-order valence-corrected chi connectivity index (χ1v) is 15.5. The monoisotopic (exact) mass is 641 g/mol. The fourth-order valence-electron chi connectivity index (χ4n) is 4.84.